The largest absolute Gasteiger partial charge is 0.375 e. The van der Waals surface area contributed by atoms with Crippen molar-refractivity contribution in [3.05, 3.63) is 34.2 Å². The first kappa shape index (κ1) is 19.6. The molecule has 0 bridgehead atoms. The van der Waals surface area contributed by atoms with Gasteiger partial charge in [-0.2, -0.15) is 0 Å². The number of hydrogen-bond donors (Lipinski definition) is 1. The van der Waals surface area contributed by atoms with E-state index in [0.29, 0.717) is 23.8 Å². The van der Waals surface area contributed by atoms with Gasteiger partial charge in [0.25, 0.3) is 0 Å². The molecule has 1 aromatic carbocycles. The Balaban J connectivity index is 1.42. The van der Waals surface area contributed by atoms with Gasteiger partial charge in [0.1, 0.15) is 0 Å². The number of morpholine rings is 1. The van der Waals surface area contributed by atoms with Gasteiger partial charge in [0.05, 0.1) is 24.9 Å². The maximum atomic E-state index is 12.7. The second-order valence-electron chi connectivity index (χ2n) is 8.09. The fraction of sp³-hybridized carbons (Fsp3) is 0.545. The Hall–Kier alpha value is -1.76. The van der Waals surface area contributed by atoms with Crippen LogP contribution in [0.1, 0.15) is 42.4 Å². The molecular formula is C22H29N3O2S. The minimum Gasteiger partial charge on any atom is -0.375 e. The molecule has 0 radical (unpaired) electrons. The van der Waals surface area contributed by atoms with E-state index in [2.05, 4.69) is 48.1 Å². The third-order valence-electron chi connectivity index (χ3n) is 5.88. The molecule has 2 aliphatic rings. The Morgan fingerprint density at radius 3 is 2.79 bits per heavy atom. The molecule has 6 heteroatoms. The van der Waals surface area contributed by atoms with Gasteiger partial charge in [0, 0.05) is 23.5 Å². The van der Waals surface area contributed by atoms with Gasteiger partial charge in [-0.25, -0.2) is 4.98 Å². The third kappa shape index (κ3) is 4.14. The summed E-state index contributed by atoms with van der Waals surface area (Å²) in [4.78, 5) is 19.6. The lowest BCUT2D eigenvalue weighted by atomic mass is 9.90. The molecule has 2 atom stereocenters. The van der Waals surface area contributed by atoms with E-state index in [1.165, 1.54) is 46.4 Å². The molecule has 2 aromatic rings. The van der Waals surface area contributed by atoms with Crippen LogP contribution in [0.5, 0.6) is 0 Å². The van der Waals surface area contributed by atoms with E-state index in [-0.39, 0.29) is 5.91 Å². The van der Waals surface area contributed by atoms with Crippen LogP contribution in [0.25, 0.3) is 11.3 Å². The number of carbonyl (C=O) groups is 1. The number of amides is 1. The van der Waals surface area contributed by atoms with Crippen molar-refractivity contribution in [2.24, 2.45) is 0 Å². The van der Waals surface area contributed by atoms with Crippen molar-refractivity contribution in [2.45, 2.75) is 58.6 Å². The molecule has 1 amide bonds. The van der Waals surface area contributed by atoms with Gasteiger partial charge in [-0.1, -0.05) is 30.5 Å². The van der Waals surface area contributed by atoms with Gasteiger partial charge in [0.2, 0.25) is 5.91 Å². The molecule has 2 unspecified atom stereocenters. The first-order valence-corrected chi connectivity index (χ1v) is 11.1. The van der Waals surface area contributed by atoms with Crippen molar-refractivity contribution in [1.82, 2.24) is 9.88 Å². The standard InChI is InChI=1S/C22H29N3O2S/c1-14-10-15(2)21(16(3)11-14)17-13-28-22(23-17)24-20(26)12-25-8-9-27-19-7-5-4-6-18(19)25/h10-11,13,18-19H,4-9,12H2,1-3H3,(H,23,24,26). The lowest BCUT2D eigenvalue weighted by molar-refractivity contribution is -0.124. The van der Waals surface area contributed by atoms with Gasteiger partial charge in [-0.3, -0.25) is 9.69 Å². The van der Waals surface area contributed by atoms with Crippen LogP contribution >= 0.6 is 11.3 Å². The van der Waals surface area contributed by atoms with Crippen LogP contribution in [0.3, 0.4) is 0 Å². The third-order valence-corrected chi connectivity index (χ3v) is 6.64. The molecule has 1 saturated carbocycles. The summed E-state index contributed by atoms with van der Waals surface area (Å²) in [5.74, 6) is 0.0180. The van der Waals surface area contributed by atoms with Crippen molar-refractivity contribution in [1.29, 1.82) is 0 Å². The Kier molecular flexibility index (Phi) is 5.80. The van der Waals surface area contributed by atoms with E-state index in [0.717, 1.165) is 31.7 Å². The predicted octanol–water partition coefficient (Wildman–Crippen LogP) is 4.32. The quantitative estimate of drug-likeness (QED) is 0.832. The van der Waals surface area contributed by atoms with Crippen LogP contribution in [0.4, 0.5) is 5.13 Å². The summed E-state index contributed by atoms with van der Waals surface area (Å²) in [5.41, 5.74) is 5.80. The topological polar surface area (TPSA) is 54.5 Å². The molecule has 28 heavy (non-hydrogen) atoms. The molecule has 1 saturated heterocycles. The van der Waals surface area contributed by atoms with Crippen molar-refractivity contribution in [2.75, 3.05) is 25.0 Å². The van der Waals surface area contributed by atoms with Gasteiger partial charge >= 0.3 is 0 Å². The summed E-state index contributed by atoms with van der Waals surface area (Å²) in [5, 5.41) is 5.72. The molecule has 1 aliphatic carbocycles. The maximum Gasteiger partial charge on any atom is 0.240 e. The first-order chi connectivity index (χ1) is 13.5. The number of thiazole rings is 1. The molecule has 0 spiro atoms. The van der Waals surface area contributed by atoms with E-state index < -0.39 is 0 Å². The molecule has 2 fully saturated rings. The predicted molar refractivity (Wildman–Crippen MR) is 114 cm³/mol. The molecule has 4 rings (SSSR count). The monoisotopic (exact) mass is 399 g/mol. The van der Waals surface area contributed by atoms with E-state index in [1.54, 1.807) is 0 Å². The molecule has 1 aliphatic heterocycles. The average Bonchev–Trinajstić information content (AvgIpc) is 3.09. The number of nitrogens with zero attached hydrogens (tertiary/aromatic N) is 2. The Morgan fingerprint density at radius 2 is 2.00 bits per heavy atom. The smallest absolute Gasteiger partial charge is 0.240 e. The Bertz CT molecular complexity index is 838. The van der Waals surface area contributed by atoms with Crippen LogP contribution in [-0.2, 0) is 9.53 Å². The summed E-state index contributed by atoms with van der Waals surface area (Å²) in [6.45, 7) is 8.32. The normalized spacial score (nSPS) is 22.7. The number of rotatable bonds is 4. The number of fused-ring (bicyclic) bond motifs is 1. The van der Waals surface area contributed by atoms with Crippen LogP contribution in [-0.4, -0.2) is 47.6 Å². The fourth-order valence-electron chi connectivity index (χ4n) is 4.75. The number of ether oxygens (including phenoxy) is 1. The summed E-state index contributed by atoms with van der Waals surface area (Å²) < 4.78 is 5.91. The number of hydrogen-bond acceptors (Lipinski definition) is 5. The minimum absolute atomic E-state index is 0.0180. The van der Waals surface area contributed by atoms with Crippen LogP contribution in [0.2, 0.25) is 0 Å². The summed E-state index contributed by atoms with van der Waals surface area (Å²) in [7, 11) is 0. The van der Waals surface area contributed by atoms with Gasteiger partial charge in [-0.05, 0) is 44.7 Å². The fourth-order valence-corrected chi connectivity index (χ4v) is 5.46. The summed E-state index contributed by atoms with van der Waals surface area (Å²) in [6.07, 6.45) is 5.02. The summed E-state index contributed by atoms with van der Waals surface area (Å²) in [6, 6.07) is 4.75. The zero-order chi connectivity index (χ0) is 19.7. The minimum atomic E-state index is 0.0180. The lowest BCUT2D eigenvalue weighted by Crippen LogP contribution is -2.54. The van der Waals surface area contributed by atoms with E-state index in [9.17, 15) is 4.79 Å². The molecule has 1 aromatic heterocycles. The number of nitrogens with one attached hydrogen (secondary N) is 1. The summed E-state index contributed by atoms with van der Waals surface area (Å²) >= 11 is 1.49. The molecule has 1 N–H and O–H groups in total. The molecule has 5 nitrogen and oxygen atoms in total. The second-order valence-corrected chi connectivity index (χ2v) is 8.95. The van der Waals surface area contributed by atoms with Gasteiger partial charge in [-0.15, -0.1) is 11.3 Å². The number of aryl methyl sites for hydroxylation is 3. The zero-order valence-electron chi connectivity index (χ0n) is 17.0. The average molecular weight is 400 g/mol. The van der Waals surface area contributed by atoms with Crippen LogP contribution in [0.15, 0.2) is 17.5 Å². The van der Waals surface area contributed by atoms with Gasteiger partial charge in [0.15, 0.2) is 5.13 Å². The molecule has 2 heterocycles. The first-order valence-electron chi connectivity index (χ1n) is 10.2. The number of anilines is 1. The highest BCUT2D eigenvalue weighted by Crippen LogP contribution is 2.31. The highest BCUT2D eigenvalue weighted by atomic mass is 32.1. The molecule has 150 valence electrons. The lowest BCUT2D eigenvalue weighted by Gasteiger charge is -2.43. The van der Waals surface area contributed by atoms with Crippen molar-refractivity contribution >= 4 is 22.4 Å². The van der Waals surface area contributed by atoms with Crippen molar-refractivity contribution in [3.63, 3.8) is 0 Å². The van der Waals surface area contributed by atoms with Crippen LogP contribution < -0.4 is 5.32 Å². The Labute approximate surface area is 171 Å². The van der Waals surface area contributed by atoms with Crippen LogP contribution in [0, 0.1) is 20.8 Å². The van der Waals surface area contributed by atoms with E-state index in [1.807, 2.05) is 5.38 Å². The second kappa shape index (κ2) is 8.31. The Morgan fingerprint density at radius 1 is 1.25 bits per heavy atom. The van der Waals surface area contributed by atoms with E-state index in [4.69, 9.17) is 4.74 Å². The maximum absolute atomic E-state index is 12.7. The number of carbonyl (C=O) groups excluding carboxylic acids is 1. The SMILES string of the molecule is Cc1cc(C)c(-c2csc(NC(=O)CN3CCOC4CCCCC43)n2)c(C)c1. The number of aromatic nitrogens is 1. The highest BCUT2D eigenvalue weighted by molar-refractivity contribution is 7.14. The van der Waals surface area contributed by atoms with Gasteiger partial charge < -0.3 is 10.1 Å². The number of benzene rings is 1. The van der Waals surface area contributed by atoms with E-state index >= 15 is 0 Å². The highest BCUT2D eigenvalue weighted by Gasteiger charge is 2.34. The van der Waals surface area contributed by atoms with Crippen molar-refractivity contribution < 1.29 is 9.53 Å². The van der Waals surface area contributed by atoms with Crippen molar-refractivity contribution in [3.8, 4) is 11.3 Å². The molecular weight excluding hydrogens is 370 g/mol. The zero-order valence-corrected chi connectivity index (χ0v) is 17.8.